The van der Waals surface area contributed by atoms with E-state index in [2.05, 4.69) is 17.4 Å². The van der Waals surface area contributed by atoms with Gasteiger partial charge in [-0.3, -0.25) is 0 Å². The number of phenolic OH excluding ortho intramolecular Hbond substituents is 2. The minimum Gasteiger partial charge on any atom is -1.00 e. The number of nitrogens with two attached hydrogens (primary N) is 1. The molecule has 4 nitrogen and oxygen atoms in total. The molecule has 2 aromatic carbocycles. The highest BCUT2D eigenvalue weighted by Crippen LogP contribution is 2.24. The van der Waals surface area contributed by atoms with Crippen LogP contribution >= 0.6 is 0 Å². The van der Waals surface area contributed by atoms with Gasteiger partial charge in [0, 0.05) is 12.8 Å². The van der Waals surface area contributed by atoms with E-state index in [1.54, 1.807) is 13.2 Å². The highest BCUT2D eigenvalue weighted by molar-refractivity contribution is 5.40. The van der Waals surface area contributed by atoms with Crippen LogP contribution in [-0.2, 0) is 12.8 Å². The van der Waals surface area contributed by atoms with Crippen molar-refractivity contribution in [2.45, 2.75) is 19.3 Å². The van der Waals surface area contributed by atoms with E-state index in [-0.39, 0.29) is 23.9 Å². The lowest BCUT2D eigenvalue weighted by Gasteiger charge is -2.05. The summed E-state index contributed by atoms with van der Waals surface area (Å²) < 4.78 is 5.22. The number of ether oxygens (including phenoxy) is 1. The number of rotatable bonds is 8. The van der Waals surface area contributed by atoms with Crippen LogP contribution in [0.4, 0.5) is 0 Å². The Morgan fingerprint density at radius 1 is 0.913 bits per heavy atom. The Balaban J connectivity index is 0.00000264. The second-order valence-electron chi connectivity index (χ2n) is 5.39. The Hall–Kier alpha value is -1.91. The average molecular weight is 338 g/mol. The molecule has 0 amide bonds. The van der Waals surface area contributed by atoms with Gasteiger partial charge in [0.25, 0.3) is 0 Å². The molecule has 2 aromatic rings. The Morgan fingerprint density at radius 3 is 2.43 bits per heavy atom. The van der Waals surface area contributed by atoms with E-state index in [1.165, 1.54) is 11.6 Å². The first kappa shape index (κ1) is 19.1. The SMILES string of the molecule is COc1cccc(CCC[NH2+]CCc2ccc(O)c(O)c2)c1.[Cl-]. The van der Waals surface area contributed by atoms with Crippen LogP contribution < -0.4 is 22.5 Å². The summed E-state index contributed by atoms with van der Waals surface area (Å²) in [7, 11) is 1.69. The first-order valence-corrected chi connectivity index (χ1v) is 7.64. The van der Waals surface area contributed by atoms with Crippen LogP contribution in [0.5, 0.6) is 17.2 Å². The molecule has 0 fully saturated rings. The number of aryl methyl sites for hydroxylation is 1. The summed E-state index contributed by atoms with van der Waals surface area (Å²) in [6.07, 6.45) is 3.05. The minimum absolute atomic E-state index is 0. The number of phenols is 2. The molecule has 0 aliphatic rings. The van der Waals surface area contributed by atoms with E-state index >= 15 is 0 Å². The van der Waals surface area contributed by atoms with Crippen molar-refractivity contribution in [1.29, 1.82) is 0 Å². The summed E-state index contributed by atoms with van der Waals surface area (Å²) in [4.78, 5) is 0. The predicted molar refractivity (Wildman–Crippen MR) is 86.5 cm³/mol. The van der Waals surface area contributed by atoms with Crippen LogP contribution in [-0.4, -0.2) is 30.4 Å². The van der Waals surface area contributed by atoms with Gasteiger partial charge in [0.1, 0.15) is 5.75 Å². The summed E-state index contributed by atoms with van der Waals surface area (Å²) in [5.74, 6) is 0.801. The lowest BCUT2D eigenvalue weighted by Crippen LogP contribution is -3.00. The van der Waals surface area contributed by atoms with Crippen LogP contribution in [0.15, 0.2) is 42.5 Å². The van der Waals surface area contributed by atoms with Gasteiger partial charge >= 0.3 is 0 Å². The van der Waals surface area contributed by atoms with E-state index in [0.29, 0.717) is 0 Å². The highest BCUT2D eigenvalue weighted by atomic mass is 35.5. The van der Waals surface area contributed by atoms with Crippen molar-refractivity contribution in [3.8, 4) is 17.2 Å². The first-order chi connectivity index (χ1) is 10.7. The standard InChI is InChI=1S/C18H23NO3.ClH/c1-22-16-6-2-4-14(12-16)5-3-10-19-11-9-15-7-8-17(20)18(21)13-15;/h2,4,6-8,12-13,19-21H,3,5,9-11H2,1H3;1H. The van der Waals surface area contributed by atoms with E-state index < -0.39 is 0 Å². The van der Waals surface area contributed by atoms with Gasteiger partial charge < -0.3 is 32.7 Å². The zero-order chi connectivity index (χ0) is 15.8. The number of aromatic hydroxyl groups is 2. The van der Waals surface area contributed by atoms with Crippen molar-refractivity contribution < 1.29 is 32.7 Å². The normalized spacial score (nSPS) is 10.1. The maximum Gasteiger partial charge on any atom is 0.157 e. The second-order valence-corrected chi connectivity index (χ2v) is 5.39. The molecule has 5 heteroatoms. The number of hydrogen-bond acceptors (Lipinski definition) is 3. The molecule has 0 aromatic heterocycles. The molecule has 0 bridgehead atoms. The van der Waals surface area contributed by atoms with Gasteiger partial charge in [-0.2, -0.15) is 0 Å². The zero-order valence-corrected chi connectivity index (χ0v) is 14.1. The van der Waals surface area contributed by atoms with Crippen molar-refractivity contribution in [2.24, 2.45) is 0 Å². The molecular weight excluding hydrogens is 314 g/mol. The van der Waals surface area contributed by atoms with Gasteiger partial charge in [-0.1, -0.05) is 18.2 Å². The smallest absolute Gasteiger partial charge is 0.157 e. The van der Waals surface area contributed by atoms with Crippen LogP contribution in [0.25, 0.3) is 0 Å². The van der Waals surface area contributed by atoms with Gasteiger partial charge in [0.2, 0.25) is 0 Å². The summed E-state index contributed by atoms with van der Waals surface area (Å²) >= 11 is 0. The summed E-state index contributed by atoms with van der Waals surface area (Å²) in [6, 6.07) is 13.2. The van der Waals surface area contributed by atoms with E-state index in [4.69, 9.17) is 4.74 Å². The number of halogens is 1. The quantitative estimate of drug-likeness (QED) is 0.421. The van der Waals surface area contributed by atoms with E-state index in [0.717, 1.165) is 43.7 Å². The lowest BCUT2D eigenvalue weighted by molar-refractivity contribution is -0.654. The van der Waals surface area contributed by atoms with Crippen LogP contribution in [0.2, 0.25) is 0 Å². The summed E-state index contributed by atoms with van der Waals surface area (Å²) in [5.41, 5.74) is 2.34. The summed E-state index contributed by atoms with van der Waals surface area (Å²) in [6.45, 7) is 2.05. The summed E-state index contributed by atoms with van der Waals surface area (Å²) in [5, 5.41) is 21.0. The van der Waals surface area contributed by atoms with E-state index in [1.807, 2.05) is 18.2 Å². The first-order valence-electron chi connectivity index (χ1n) is 7.64. The number of methoxy groups -OCH3 is 1. The third-order valence-electron chi connectivity index (χ3n) is 3.68. The minimum atomic E-state index is -0.0639. The van der Waals surface area contributed by atoms with E-state index in [9.17, 15) is 10.2 Å². The number of quaternary nitrogens is 1. The predicted octanol–water partition coefficient (Wildman–Crippen LogP) is -1.15. The molecule has 0 radical (unpaired) electrons. The van der Waals surface area contributed by atoms with Gasteiger partial charge in [-0.25, -0.2) is 0 Å². The fourth-order valence-corrected chi connectivity index (χ4v) is 2.42. The second kappa shape index (κ2) is 9.98. The highest BCUT2D eigenvalue weighted by Gasteiger charge is 2.02. The molecule has 0 atom stereocenters. The topological polar surface area (TPSA) is 66.3 Å². The molecule has 2 rings (SSSR count). The third kappa shape index (κ3) is 6.38. The molecule has 126 valence electrons. The Bertz CT molecular complexity index is 605. The third-order valence-corrected chi connectivity index (χ3v) is 3.68. The number of benzene rings is 2. The average Bonchev–Trinajstić information content (AvgIpc) is 2.54. The van der Waals surface area contributed by atoms with Crippen molar-refractivity contribution >= 4 is 0 Å². The molecule has 0 aliphatic heterocycles. The van der Waals surface area contributed by atoms with Crippen LogP contribution in [0, 0.1) is 0 Å². The molecule has 0 heterocycles. The Morgan fingerprint density at radius 2 is 1.70 bits per heavy atom. The van der Waals surface area contributed by atoms with Crippen molar-refractivity contribution in [3.63, 3.8) is 0 Å². The van der Waals surface area contributed by atoms with Gasteiger partial charge in [0.05, 0.1) is 20.2 Å². The molecule has 23 heavy (non-hydrogen) atoms. The van der Waals surface area contributed by atoms with Crippen molar-refractivity contribution in [2.75, 3.05) is 20.2 Å². The molecule has 0 unspecified atom stereocenters. The molecular formula is C18H24ClNO3. The fourth-order valence-electron chi connectivity index (χ4n) is 2.42. The molecule has 0 spiro atoms. The molecule has 4 N–H and O–H groups in total. The molecule has 0 saturated carbocycles. The largest absolute Gasteiger partial charge is 1.00 e. The Kier molecular flexibility index (Phi) is 8.30. The molecule has 0 saturated heterocycles. The Labute approximate surface area is 143 Å². The molecule has 0 aliphatic carbocycles. The van der Waals surface area contributed by atoms with Gasteiger partial charge in [-0.15, -0.1) is 0 Å². The fraction of sp³-hybridized carbons (Fsp3) is 0.333. The van der Waals surface area contributed by atoms with Crippen molar-refractivity contribution in [3.05, 3.63) is 53.6 Å². The van der Waals surface area contributed by atoms with Gasteiger partial charge in [0.15, 0.2) is 11.5 Å². The van der Waals surface area contributed by atoms with Crippen LogP contribution in [0.3, 0.4) is 0 Å². The van der Waals surface area contributed by atoms with Crippen LogP contribution in [0.1, 0.15) is 17.5 Å². The number of hydrogen-bond donors (Lipinski definition) is 3. The van der Waals surface area contributed by atoms with Gasteiger partial charge in [-0.05, 0) is 41.8 Å². The maximum absolute atomic E-state index is 9.44. The zero-order valence-electron chi connectivity index (χ0n) is 13.3. The maximum atomic E-state index is 9.44. The monoisotopic (exact) mass is 337 g/mol. The van der Waals surface area contributed by atoms with Crippen molar-refractivity contribution in [1.82, 2.24) is 0 Å². The lowest BCUT2D eigenvalue weighted by atomic mass is 10.1.